The predicted molar refractivity (Wildman–Crippen MR) is 77.7 cm³/mol. The van der Waals surface area contributed by atoms with E-state index in [4.69, 9.17) is 17.3 Å². The molecule has 17 heavy (non-hydrogen) atoms. The summed E-state index contributed by atoms with van der Waals surface area (Å²) < 4.78 is 0. The summed E-state index contributed by atoms with van der Waals surface area (Å²) >= 11 is 7.82. The predicted octanol–water partition coefficient (Wildman–Crippen LogP) is 4.70. The van der Waals surface area contributed by atoms with Gasteiger partial charge >= 0.3 is 0 Å². The summed E-state index contributed by atoms with van der Waals surface area (Å²) in [5, 5.41) is 0.709. The molecule has 3 heteroatoms. The molecule has 0 amide bonds. The van der Waals surface area contributed by atoms with Crippen molar-refractivity contribution < 1.29 is 0 Å². The Morgan fingerprint density at radius 2 is 1.82 bits per heavy atom. The monoisotopic (exact) mass is 263 g/mol. The first kappa shape index (κ1) is 12.3. The second kappa shape index (κ2) is 5.48. The first-order valence-electron chi connectivity index (χ1n) is 5.49. The molecule has 0 radical (unpaired) electrons. The second-order valence-electron chi connectivity index (χ2n) is 3.69. The molecule has 0 saturated carbocycles. The van der Waals surface area contributed by atoms with Crippen LogP contribution in [0.1, 0.15) is 6.92 Å². The van der Waals surface area contributed by atoms with Crippen LogP contribution in [0.3, 0.4) is 0 Å². The van der Waals surface area contributed by atoms with Gasteiger partial charge in [-0.15, -0.1) is 11.8 Å². The average molecular weight is 264 g/mol. The van der Waals surface area contributed by atoms with Crippen LogP contribution >= 0.6 is 23.4 Å². The molecule has 0 bridgehead atoms. The van der Waals surface area contributed by atoms with Crippen LogP contribution in [0, 0.1) is 0 Å². The largest absolute Gasteiger partial charge is 0.398 e. The molecule has 0 aromatic heterocycles. The van der Waals surface area contributed by atoms with E-state index in [1.807, 2.05) is 30.0 Å². The highest BCUT2D eigenvalue weighted by molar-refractivity contribution is 7.99. The molecule has 1 nitrogen and oxygen atoms in total. The van der Waals surface area contributed by atoms with Gasteiger partial charge in [0, 0.05) is 21.2 Å². The van der Waals surface area contributed by atoms with Crippen LogP contribution in [0.5, 0.6) is 0 Å². The van der Waals surface area contributed by atoms with Crippen LogP contribution in [0.15, 0.2) is 47.4 Å². The molecule has 2 aromatic carbocycles. The number of hydrogen-bond acceptors (Lipinski definition) is 2. The molecule has 0 fully saturated rings. The van der Waals surface area contributed by atoms with E-state index in [2.05, 4.69) is 31.2 Å². The number of hydrogen-bond donors (Lipinski definition) is 1. The fourth-order valence-corrected chi connectivity index (χ4v) is 2.51. The minimum absolute atomic E-state index is 0.709. The van der Waals surface area contributed by atoms with Gasteiger partial charge in [0.05, 0.1) is 0 Å². The number of halogens is 1. The van der Waals surface area contributed by atoms with E-state index in [1.54, 1.807) is 0 Å². The highest BCUT2D eigenvalue weighted by atomic mass is 35.5. The highest BCUT2D eigenvalue weighted by Gasteiger charge is 2.03. The van der Waals surface area contributed by atoms with Gasteiger partial charge in [-0.25, -0.2) is 0 Å². The van der Waals surface area contributed by atoms with E-state index >= 15 is 0 Å². The van der Waals surface area contributed by atoms with Gasteiger partial charge in [-0.3, -0.25) is 0 Å². The van der Waals surface area contributed by atoms with Crippen molar-refractivity contribution in [2.24, 2.45) is 0 Å². The Kier molecular flexibility index (Phi) is 3.97. The van der Waals surface area contributed by atoms with Crippen LogP contribution in [0.25, 0.3) is 11.1 Å². The van der Waals surface area contributed by atoms with Crippen molar-refractivity contribution in [3.05, 3.63) is 47.5 Å². The summed E-state index contributed by atoms with van der Waals surface area (Å²) in [6.07, 6.45) is 0. The molecule has 0 aliphatic carbocycles. The lowest BCUT2D eigenvalue weighted by molar-refractivity contribution is 1.43. The quantitative estimate of drug-likeness (QED) is 0.642. The third-order valence-electron chi connectivity index (χ3n) is 2.49. The molecule has 0 aliphatic heterocycles. The Hall–Kier alpha value is -1.12. The molecule has 0 aliphatic rings. The molecule has 0 unspecified atom stereocenters. The van der Waals surface area contributed by atoms with Crippen LogP contribution in [-0.4, -0.2) is 5.75 Å². The summed E-state index contributed by atoms with van der Waals surface area (Å²) in [4.78, 5) is 1.27. The van der Waals surface area contributed by atoms with E-state index in [-0.39, 0.29) is 0 Å². The molecule has 0 saturated heterocycles. The first-order chi connectivity index (χ1) is 8.20. The second-order valence-corrected chi connectivity index (χ2v) is 5.46. The highest BCUT2D eigenvalue weighted by Crippen LogP contribution is 2.30. The maximum atomic E-state index is 5.99. The van der Waals surface area contributed by atoms with Gasteiger partial charge in [-0.05, 0) is 41.6 Å². The Morgan fingerprint density at radius 3 is 2.47 bits per heavy atom. The van der Waals surface area contributed by atoms with Crippen LogP contribution in [-0.2, 0) is 0 Å². The van der Waals surface area contributed by atoms with E-state index in [0.717, 1.165) is 22.6 Å². The van der Waals surface area contributed by atoms with Crippen molar-refractivity contribution in [1.29, 1.82) is 0 Å². The number of thioether (sulfide) groups is 1. The van der Waals surface area contributed by atoms with Crippen molar-refractivity contribution in [3.8, 4) is 11.1 Å². The normalized spacial score (nSPS) is 10.5. The van der Waals surface area contributed by atoms with Crippen molar-refractivity contribution >= 4 is 29.1 Å². The van der Waals surface area contributed by atoms with Gasteiger partial charge in [-0.2, -0.15) is 0 Å². The van der Waals surface area contributed by atoms with E-state index in [9.17, 15) is 0 Å². The summed E-state index contributed by atoms with van der Waals surface area (Å²) in [6, 6.07) is 13.9. The minimum atomic E-state index is 0.709. The summed E-state index contributed by atoms with van der Waals surface area (Å²) in [5.41, 5.74) is 8.80. The minimum Gasteiger partial charge on any atom is -0.398 e. The number of benzene rings is 2. The van der Waals surface area contributed by atoms with Gasteiger partial charge in [-0.1, -0.05) is 30.7 Å². The van der Waals surface area contributed by atoms with Crippen LogP contribution < -0.4 is 5.73 Å². The molecule has 2 aromatic rings. The fourth-order valence-electron chi connectivity index (χ4n) is 1.68. The maximum Gasteiger partial charge on any atom is 0.0413 e. The number of rotatable bonds is 3. The third kappa shape index (κ3) is 2.96. The smallest absolute Gasteiger partial charge is 0.0413 e. The fraction of sp³-hybridized carbons (Fsp3) is 0.143. The van der Waals surface area contributed by atoms with E-state index in [0.29, 0.717) is 5.02 Å². The zero-order valence-corrected chi connectivity index (χ0v) is 11.2. The lowest BCUT2D eigenvalue weighted by Crippen LogP contribution is -1.89. The molecule has 2 rings (SSSR count). The summed E-state index contributed by atoms with van der Waals surface area (Å²) in [6.45, 7) is 2.15. The summed E-state index contributed by atoms with van der Waals surface area (Å²) in [7, 11) is 0. The zero-order valence-electron chi connectivity index (χ0n) is 9.61. The topological polar surface area (TPSA) is 26.0 Å². The van der Waals surface area contributed by atoms with Gasteiger partial charge in [0.15, 0.2) is 0 Å². The first-order valence-corrected chi connectivity index (χ1v) is 6.85. The lowest BCUT2D eigenvalue weighted by Gasteiger charge is -2.07. The molecule has 0 atom stereocenters. The molecule has 88 valence electrons. The molecular weight excluding hydrogens is 250 g/mol. The number of anilines is 1. The van der Waals surface area contributed by atoms with Gasteiger partial charge < -0.3 is 5.73 Å². The van der Waals surface area contributed by atoms with Crippen molar-refractivity contribution in [1.82, 2.24) is 0 Å². The Labute approximate surface area is 111 Å². The van der Waals surface area contributed by atoms with Gasteiger partial charge in [0.2, 0.25) is 0 Å². The third-order valence-corrected chi connectivity index (χ3v) is 3.62. The van der Waals surface area contributed by atoms with Gasteiger partial charge in [0.1, 0.15) is 0 Å². The Morgan fingerprint density at radius 1 is 1.12 bits per heavy atom. The summed E-state index contributed by atoms with van der Waals surface area (Å²) in [5.74, 6) is 1.08. The van der Waals surface area contributed by atoms with Crippen LogP contribution in [0.4, 0.5) is 5.69 Å². The Balaban J connectivity index is 2.36. The SMILES string of the molecule is CCSc1ccc(-c2cc(Cl)ccc2N)cc1. The molecular formula is C14H14ClNS. The molecule has 0 heterocycles. The van der Waals surface area contributed by atoms with E-state index < -0.39 is 0 Å². The van der Waals surface area contributed by atoms with Crippen molar-refractivity contribution in [2.75, 3.05) is 11.5 Å². The molecule has 0 spiro atoms. The van der Waals surface area contributed by atoms with Gasteiger partial charge in [0.25, 0.3) is 0 Å². The standard InChI is InChI=1S/C14H14ClNS/c1-2-17-12-6-3-10(4-7-12)13-9-11(15)5-8-14(13)16/h3-9H,2,16H2,1H3. The molecule has 2 N–H and O–H groups in total. The van der Waals surface area contributed by atoms with E-state index in [1.165, 1.54) is 4.90 Å². The van der Waals surface area contributed by atoms with Crippen molar-refractivity contribution in [3.63, 3.8) is 0 Å². The maximum absolute atomic E-state index is 5.99. The zero-order chi connectivity index (χ0) is 12.3. The average Bonchev–Trinajstić information content (AvgIpc) is 2.34. The van der Waals surface area contributed by atoms with Crippen LogP contribution in [0.2, 0.25) is 5.02 Å². The number of nitrogen functional groups attached to an aromatic ring is 1. The Bertz CT molecular complexity index is 508. The lowest BCUT2D eigenvalue weighted by atomic mass is 10.0. The van der Waals surface area contributed by atoms with Crippen molar-refractivity contribution in [2.45, 2.75) is 11.8 Å². The number of nitrogens with two attached hydrogens (primary N) is 1.